The van der Waals surface area contributed by atoms with Gasteiger partial charge in [0.1, 0.15) is 10.6 Å². The number of hydrogen-bond donors (Lipinski definition) is 1. The van der Waals surface area contributed by atoms with E-state index in [4.69, 9.17) is 9.72 Å². The van der Waals surface area contributed by atoms with Crippen LogP contribution in [0.1, 0.15) is 55.0 Å². The summed E-state index contributed by atoms with van der Waals surface area (Å²) in [6.07, 6.45) is 8.63. The Morgan fingerprint density at radius 2 is 2.06 bits per heavy atom. The van der Waals surface area contributed by atoms with Crippen LogP contribution < -0.4 is 15.6 Å². The summed E-state index contributed by atoms with van der Waals surface area (Å²) >= 11 is 3.03. The monoisotopic (exact) mass is 469 g/mol. The molecule has 2 aliphatic carbocycles. The molecule has 0 saturated heterocycles. The standard InChI is InChI=1S/C24H27N3O3S2/c1-30-17-10-6-7-15(13-17)25-20(28)14-31-24-26-22-21(18-11-4-5-12-19(18)32-22)23(29)27(24)16-8-2-3-9-16/h6-7,10,13,16H,2-5,8-9,11-12,14H2,1H3,(H,25,28). The summed E-state index contributed by atoms with van der Waals surface area (Å²) in [7, 11) is 1.60. The molecule has 0 radical (unpaired) electrons. The van der Waals surface area contributed by atoms with Gasteiger partial charge in [-0.15, -0.1) is 11.3 Å². The highest BCUT2D eigenvalue weighted by atomic mass is 32.2. The number of anilines is 1. The lowest BCUT2D eigenvalue weighted by Gasteiger charge is -2.18. The van der Waals surface area contributed by atoms with E-state index in [9.17, 15) is 9.59 Å². The van der Waals surface area contributed by atoms with Crippen LogP contribution in [-0.4, -0.2) is 28.3 Å². The first-order valence-corrected chi connectivity index (χ1v) is 13.1. The second-order valence-corrected chi connectivity index (χ2v) is 10.5. The third-order valence-corrected chi connectivity index (χ3v) is 8.50. The summed E-state index contributed by atoms with van der Waals surface area (Å²) in [6, 6.07) is 7.48. The van der Waals surface area contributed by atoms with Gasteiger partial charge in [0.15, 0.2) is 5.16 Å². The van der Waals surface area contributed by atoms with Gasteiger partial charge in [0.2, 0.25) is 5.91 Å². The number of thioether (sulfide) groups is 1. The van der Waals surface area contributed by atoms with Crippen molar-refractivity contribution in [3.8, 4) is 5.75 Å². The molecule has 0 unspecified atom stereocenters. The first kappa shape index (κ1) is 21.5. The maximum atomic E-state index is 13.7. The van der Waals surface area contributed by atoms with Crippen LogP contribution >= 0.6 is 23.1 Å². The molecule has 168 valence electrons. The van der Waals surface area contributed by atoms with Crippen molar-refractivity contribution in [1.29, 1.82) is 0 Å². The molecule has 0 atom stereocenters. The Morgan fingerprint density at radius 1 is 1.25 bits per heavy atom. The molecule has 32 heavy (non-hydrogen) atoms. The maximum Gasteiger partial charge on any atom is 0.263 e. The van der Waals surface area contributed by atoms with Crippen LogP contribution in [0.2, 0.25) is 0 Å². The Bertz CT molecular complexity index is 1210. The van der Waals surface area contributed by atoms with E-state index in [1.807, 2.05) is 22.8 Å². The van der Waals surface area contributed by atoms with Gasteiger partial charge in [-0.1, -0.05) is 30.7 Å². The first-order chi connectivity index (χ1) is 15.6. The normalized spacial score (nSPS) is 16.3. The highest BCUT2D eigenvalue weighted by molar-refractivity contribution is 7.99. The molecular formula is C24H27N3O3S2. The number of thiophene rings is 1. The van der Waals surface area contributed by atoms with E-state index in [1.165, 1.54) is 28.6 Å². The largest absolute Gasteiger partial charge is 0.497 e. The smallest absolute Gasteiger partial charge is 0.263 e. The molecule has 0 aliphatic heterocycles. The van der Waals surface area contributed by atoms with Crippen molar-refractivity contribution in [3.05, 3.63) is 45.1 Å². The number of carbonyl (C=O) groups is 1. The second kappa shape index (κ2) is 9.27. The third-order valence-electron chi connectivity index (χ3n) is 6.36. The van der Waals surface area contributed by atoms with E-state index in [0.29, 0.717) is 16.6 Å². The fourth-order valence-corrected chi connectivity index (χ4v) is 6.98. The van der Waals surface area contributed by atoms with Gasteiger partial charge in [0, 0.05) is 22.7 Å². The van der Waals surface area contributed by atoms with E-state index in [1.54, 1.807) is 24.5 Å². The fourth-order valence-electron chi connectivity index (χ4n) is 4.81. The molecule has 8 heteroatoms. The van der Waals surface area contributed by atoms with Crippen LogP contribution in [0.25, 0.3) is 10.2 Å². The number of rotatable bonds is 6. The number of hydrogen-bond acceptors (Lipinski definition) is 6. The zero-order valence-corrected chi connectivity index (χ0v) is 19.8. The van der Waals surface area contributed by atoms with Gasteiger partial charge in [-0.2, -0.15) is 0 Å². The molecule has 1 N–H and O–H groups in total. The predicted octanol–water partition coefficient (Wildman–Crippen LogP) is 5.19. The Kier molecular flexibility index (Phi) is 6.24. The summed E-state index contributed by atoms with van der Waals surface area (Å²) in [4.78, 5) is 33.4. The van der Waals surface area contributed by atoms with Crippen molar-refractivity contribution in [1.82, 2.24) is 9.55 Å². The number of carbonyl (C=O) groups excluding carboxylic acids is 1. The van der Waals surface area contributed by atoms with Crippen LogP contribution in [0, 0.1) is 0 Å². The molecule has 2 aliphatic rings. The van der Waals surface area contributed by atoms with Gasteiger partial charge in [-0.3, -0.25) is 14.2 Å². The fraction of sp³-hybridized carbons (Fsp3) is 0.458. The number of fused-ring (bicyclic) bond motifs is 3. The average Bonchev–Trinajstić information content (AvgIpc) is 3.45. The maximum absolute atomic E-state index is 13.7. The van der Waals surface area contributed by atoms with Crippen LogP contribution in [0.15, 0.2) is 34.2 Å². The minimum Gasteiger partial charge on any atom is -0.497 e. The van der Waals surface area contributed by atoms with Gasteiger partial charge in [0.05, 0.1) is 18.2 Å². The molecule has 0 spiro atoms. The number of nitrogens with one attached hydrogen (secondary N) is 1. The molecule has 3 aromatic rings. The molecule has 2 heterocycles. The van der Waals surface area contributed by atoms with Crippen molar-refractivity contribution in [2.45, 2.75) is 62.6 Å². The van der Waals surface area contributed by atoms with E-state index in [-0.39, 0.29) is 23.3 Å². The van der Waals surface area contributed by atoms with E-state index in [2.05, 4.69) is 5.32 Å². The Labute approximate surface area is 195 Å². The summed E-state index contributed by atoms with van der Waals surface area (Å²) in [6.45, 7) is 0. The van der Waals surface area contributed by atoms with Crippen molar-refractivity contribution in [2.75, 3.05) is 18.2 Å². The SMILES string of the molecule is COc1cccc(NC(=O)CSc2nc3sc4c(c3c(=O)n2C2CCCC2)CCCC4)c1. The Hall–Kier alpha value is -2.32. The highest BCUT2D eigenvalue weighted by Crippen LogP contribution is 2.37. The van der Waals surface area contributed by atoms with Gasteiger partial charge in [-0.25, -0.2) is 4.98 Å². The Balaban J connectivity index is 1.44. The predicted molar refractivity (Wildman–Crippen MR) is 130 cm³/mol. The third kappa shape index (κ3) is 4.18. The molecule has 0 bridgehead atoms. The lowest BCUT2D eigenvalue weighted by Crippen LogP contribution is -2.27. The summed E-state index contributed by atoms with van der Waals surface area (Å²) < 4.78 is 7.13. The number of methoxy groups -OCH3 is 1. The van der Waals surface area contributed by atoms with Crippen molar-refractivity contribution < 1.29 is 9.53 Å². The molecule has 1 fully saturated rings. The number of amides is 1. The topological polar surface area (TPSA) is 73.2 Å². The molecule has 6 nitrogen and oxygen atoms in total. The second-order valence-electron chi connectivity index (χ2n) is 8.47. The summed E-state index contributed by atoms with van der Waals surface area (Å²) in [5.74, 6) is 0.771. The van der Waals surface area contributed by atoms with Crippen molar-refractivity contribution in [2.24, 2.45) is 0 Å². The van der Waals surface area contributed by atoms with Crippen molar-refractivity contribution >= 4 is 44.9 Å². The minimum atomic E-state index is -0.124. The quantitative estimate of drug-likeness (QED) is 0.397. The average molecular weight is 470 g/mol. The number of aryl methyl sites for hydroxylation is 2. The van der Waals surface area contributed by atoms with E-state index in [0.717, 1.165) is 55.2 Å². The molecule has 1 aromatic carbocycles. The van der Waals surface area contributed by atoms with Crippen LogP contribution in [0.5, 0.6) is 5.75 Å². The van der Waals surface area contributed by atoms with Crippen molar-refractivity contribution in [3.63, 3.8) is 0 Å². The lowest BCUT2D eigenvalue weighted by molar-refractivity contribution is -0.113. The Morgan fingerprint density at radius 3 is 2.88 bits per heavy atom. The number of benzene rings is 1. The van der Waals surface area contributed by atoms with Gasteiger partial charge >= 0.3 is 0 Å². The zero-order chi connectivity index (χ0) is 22.1. The van der Waals surface area contributed by atoms with Gasteiger partial charge in [0.25, 0.3) is 5.56 Å². The number of aromatic nitrogens is 2. The minimum absolute atomic E-state index is 0.0944. The lowest BCUT2D eigenvalue weighted by atomic mass is 9.97. The van der Waals surface area contributed by atoms with Crippen LogP contribution in [0.3, 0.4) is 0 Å². The van der Waals surface area contributed by atoms with Crippen LogP contribution in [-0.2, 0) is 17.6 Å². The molecule has 5 rings (SSSR count). The highest BCUT2D eigenvalue weighted by Gasteiger charge is 2.27. The summed E-state index contributed by atoms with van der Waals surface area (Å²) in [5, 5.41) is 4.42. The number of nitrogens with zero attached hydrogens (tertiary/aromatic N) is 2. The van der Waals surface area contributed by atoms with E-state index < -0.39 is 0 Å². The first-order valence-electron chi connectivity index (χ1n) is 11.3. The van der Waals surface area contributed by atoms with Gasteiger partial charge in [-0.05, 0) is 56.2 Å². The summed E-state index contributed by atoms with van der Waals surface area (Å²) in [5.41, 5.74) is 2.02. The number of ether oxygens (including phenoxy) is 1. The van der Waals surface area contributed by atoms with Crippen LogP contribution in [0.4, 0.5) is 5.69 Å². The van der Waals surface area contributed by atoms with E-state index >= 15 is 0 Å². The zero-order valence-electron chi connectivity index (χ0n) is 18.2. The molecular weight excluding hydrogens is 442 g/mol. The van der Waals surface area contributed by atoms with Gasteiger partial charge < -0.3 is 10.1 Å². The molecule has 1 saturated carbocycles. The molecule has 2 aromatic heterocycles. The molecule has 1 amide bonds.